The number of ether oxygens (including phenoxy) is 1. The summed E-state index contributed by atoms with van der Waals surface area (Å²) in [5.74, 6) is -0.418. The number of hydrogen-bond acceptors (Lipinski definition) is 3. The van der Waals surface area contributed by atoms with E-state index in [0.717, 1.165) is 11.1 Å². The second kappa shape index (κ2) is 6.22. The lowest BCUT2D eigenvalue weighted by atomic mass is 10.0. The van der Waals surface area contributed by atoms with Gasteiger partial charge in [0.25, 0.3) is 0 Å². The average Bonchev–Trinajstić information content (AvgIpc) is 2.49. The Morgan fingerprint density at radius 2 is 1.86 bits per heavy atom. The molecule has 108 valence electrons. The Balaban J connectivity index is 2.57. The standard InChI is InChI=1S/C17H18N2O2/c1-12-5-4-6-14(13(12)2)11-16(17(20)21-3)19-9-7-15(18)8-10-19/h4-11,18H,1-3H3/b16-11+. The quantitative estimate of drug-likeness (QED) is 0.695. The molecule has 0 bridgehead atoms. The van der Waals surface area contributed by atoms with Crippen molar-refractivity contribution < 1.29 is 9.53 Å². The molecule has 1 aromatic heterocycles. The van der Waals surface area contributed by atoms with Gasteiger partial charge in [-0.25, -0.2) is 4.79 Å². The second-order valence-electron chi connectivity index (χ2n) is 4.80. The van der Waals surface area contributed by atoms with Gasteiger partial charge >= 0.3 is 5.97 Å². The van der Waals surface area contributed by atoms with Crippen molar-refractivity contribution >= 4 is 17.7 Å². The van der Waals surface area contributed by atoms with Crippen LogP contribution in [0.4, 0.5) is 0 Å². The summed E-state index contributed by atoms with van der Waals surface area (Å²) in [5.41, 5.74) is 3.67. The lowest BCUT2D eigenvalue weighted by molar-refractivity contribution is -0.134. The zero-order chi connectivity index (χ0) is 15.4. The van der Waals surface area contributed by atoms with Gasteiger partial charge in [0.15, 0.2) is 0 Å². The predicted octanol–water partition coefficient (Wildman–Crippen LogP) is 2.76. The lowest BCUT2D eigenvalue weighted by Crippen LogP contribution is -2.12. The lowest BCUT2D eigenvalue weighted by Gasteiger charge is -2.11. The van der Waals surface area contributed by atoms with Crippen molar-refractivity contribution in [1.29, 1.82) is 5.41 Å². The van der Waals surface area contributed by atoms with Crippen LogP contribution in [0, 0.1) is 19.3 Å². The van der Waals surface area contributed by atoms with Crippen LogP contribution in [-0.2, 0) is 9.53 Å². The largest absolute Gasteiger partial charge is 0.464 e. The molecule has 0 aliphatic carbocycles. The molecule has 0 atom stereocenters. The first kappa shape index (κ1) is 14.8. The summed E-state index contributed by atoms with van der Waals surface area (Å²) in [6.07, 6.45) is 5.16. The maximum Gasteiger partial charge on any atom is 0.355 e. The summed E-state index contributed by atoms with van der Waals surface area (Å²) < 4.78 is 6.52. The van der Waals surface area contributed by atoms with Gasteiger partial charge in [-0.05, 0) is 48.7 Å². The average molecular weight is 282 g/mol. The molecular weight excluding hydrogens is 264 g/mol. The zero-order valence-electron chi connectivity index (χ0n) is 12.4. The van der Waals surface area contributed by atoms with Gasteiger partial charge in [0.2, 0.25) is 0 Å². The molecule has 4 heteroatoms. The Bertz CT molecular complexity index is 737. The van der Waals surface area contributed by atoms with Gasteiger partial charge in [0, 0.05) is 12.4 Å². The van der Waals surface area contributed by atoms with E-state index in [0.29, 0.717) is 11.1 Å². The van der Waals surface area contributed by atoms with Crippen LogP contribution >= 0.6 is 0 Å². The fourth-order valence-electron chi connectivity index (χ4n) is 2.01. The van der Waals surface area contributed by atoms with Crippen LogP contribution in [-0.4, -0.2) is 17.6 Å². The summed E-state index contributed by atoms with van der Waals surface area (Å²) in [4.78, 5) is 12.0. The minimum Gasteiger partial charge on any atom is -0.464 e. The minimum atomic E-state index is -0.418. The van der Waals surface area contributed by atoms with E-state index in [4.69, 9.17) is 10.1 Å². The first-order valence-electron chi connectivity index (χ1n) is 6.62. The first-order chi connectivity index (χ1) is 10.0. The highest BCUT2D eigenvalue weighted by molar-refractivity contribution is 6.15. The topological polar surface area (TPSA) is 55.1 Å². The van der Waals surface area contributed by atoms with E-state index in [9.17, 15) is 4.79 Å². The number of carbonyl (C=O) groups is 1. The Morgan fingerprint density at radius 3 is 2.48 bits per heavy atom. The molecule has 0 unspecified atom stereocenters. The monoisotopic (exact) mass is 282 g/mol. The number of hydrogen-bond donors (Lipinski definition) is 1. The van der Waals surface area contributed by atoms with E-state index in [1.54, 1.807) is 35.2 Å². The number of rotatable bonds is 3. The van der Waals surface area contributed by atoms with Gasteiger partial charge in [0.1, 0.15) is 5.70 Å². The summed E-state index contributed by atoms with van der Waals surface area (Å²) in [6, 6.07) is 9.21. The zero-order valence-corrected chi connectivity index (χ0v) is 12.4. The van der Waals surface area contributed by atoms with Crippen molar-refractivity contribution in [2.75, 3.05) is 7.11 Å². The summed E-state index contributed by atoms with van der Waals surface area (Å²) in [5, 5.41) is 7.91. The Morgan fingerprint density at radius 1 is 1.19 bits per heavy atom. The number of nitrogens with one attached hydrogen (secondary N) is 1. The van der Waals surface area contributed by atoms with Gasteiger partial charge in [0.05, 0.1) is 12.5 Å². The predicted molar refractivity (Wildman–Crippen MR) is 82.4 cm³/mol. The number of methoxy groups -OCH3 is 1. The third-order valence-corrected chi connectivity index (χ3v) is 3.44. The molecule has 0 radical (unpaired) electrons. The second-order valence-corrected chi connectivity index (χ2v) is 4.80. The number of nitrogens with zero attached hydrogens (tertiary/aromatic N) is 1. The SMILES string of the molecule is COC(=O)/C(=C\c1cccc(C)c1C)n1ccc(=N)cc1. The number of pyridine rings is 1. The highest BCUT2D eigenvalue weighted by Crippen LogP contribution is 2.18. The fraction of sp³-hybridized carbons (Fsp3) is 0.176. The molecule has 0 fully saturated rings. The molecular formula is C17H18N2O2. The van der Waals surface area contributed by atoms with Gasteiger partial charge in [-0.2, -0.15) is 0 Å². The van der Waals surface area contributed by atoms with Crippen LogP contribution < -0.4 is 5.36 Å². The van der Waals surface area contributed by atoms with E-state index in [1.807, 2.05) is 32.0 Å². The first-order valence-corrected chi connectivity index (χ1v) is 6.62. The molecule has 0 aliphatic rings. The van der Waals surface area contributed by atoms with Gasteiger partial charge in [-0.15, -0.1) is 0 Å². The van der Waals surface area contributed by atoms with Crippen molar-refractivity contribution in [2.24, 2.45) is 0 Å². The number of benzene rings is 1. The highest BCUT2D eigenvalue weighted by atomic mass is 16.5. The Hall–Kier alpha value is -2.62. The fourth-order valence-corrected chi connectivity index (χ4v) is 2.01. The molecule has 0 spiro atoms. The molecule has 1 aromatic carbocycles. The molecule has 4 nitrogen and oxygen atoms in total. The van der Waals surface area contributed by atoms with Crippen molar-refractivity contribution in [2.45, 2.75) is 13.8 Å². The van der Waals surface area contributed by atoms with Crippen LogP contribution in [0.15, 0.2) is 42.7 Å². The van der Waals surface area contributed by atoms with Gasteiger partial charge in [-0.3, -0.25) is 0 Å². The summed E-state index contributed by atoms with van der Waals surface area (Å²) >= 11 is 0. The Kier molecular flexibility index (Phi) is 4.38. The molecule has 0 saturated heterocycles. The molecule has 0 saturated carbocycles. The van der Waals surface area contributed by atoms with E-state index in [2.05, 4.69) is 0 Å². The van der Waals surface area contributed by atoms with Crippen LogP contribution in [0.2, 0.25) is 0 Å². The third kappa shape index (κ3) is 3.28. The smallest absolute Gasteiger partial charge is 0.355 e. The molecule has 0 aliphatic heterocycles. The van der Waals surface area contributed by atoms with Crippen LogP contribution in [0.5, 0.6) is 0 Å². The molecule has 21 heavy (non-hydrogen) atoms. The normalized spacial score (nSPS) is 11.3. The number of aromatic nitrogens is 1. The van der Waals surface area contributed by atoms with E-state index in [-0.39, 0.29) is 0 Å². The number of esters is 1. The Labute approximate surface area is 123 Å². The van der Waals surface area contributed by atoms with Gasteiger partial charge in [-0.1, -0.05) is 18.2 Å². The summed E-state index contributed by atoms with van der Waals surface area (Å²) in [7, 11) is 1.36. The highest BCUT2D eigenvalue weighted by Gasteiger charge is 2.12. The van der Waals surface area contributed by atoms with E-state index in [1.165, 1.54) is 12.7 Å². The summed E-state index contributed by atoms with van der Waals surface area (Å²) in [6.45, 7) is 4.06. The van der Waals surface area contributed by atoms with E-state index >= 15 is 0 Å². The van der Waals surface area contributed by atoms with Crippen LogP contribution in [0.1, 0.15) is 16.7 Å². The molecule has 2 rings (SSSR count). The minimum absolute atomic E-state index is 0.391. The van der Waals surface area contributed by atoms with Crippen LogP contribution in [0.3, 0.4) is 0 Å². The molecule has 1 N–H and O–H groups in total. The third-order valence-electron chi connectivity index (χ3n) is 3.44. The van der Waals surface area contributed by atoms with E-state index < -0.39 is 5.97 Å². The maximum absolute atomic E-state index is 12.0. The number of carbonyl (C=O) groups excluding carboxylic acids is 1. The van der Waals surface area contributed by atoms with Crippen molar-refractivity contribution in [1.82, 2.24) is 4.57 Å². The van der Waals surface area contributed by atoms with Crippen molar-refractivity contribution in [3.63, 3.8) is 0 Å². The van der Waals surface area contributed by atoms with Crippen molar-refractivity contribution in [3.8, 4) is 0 Å². The molecule has 2 aromatic rings. The molecule has 0 amide bonds. The number of aryl methyl sites for hydroxylation is 1. The van der Waals surface area contributed by atoms with Crippen molar-refractivity contribution in [3.05, 3.63) is 64.8 Å². The molecule has 1 heterocycles. The van der Waals surface area contributed by atoms with Gasteiger partial charge < -0.3 is 14.7 Å². The maximum atomic E-state index is 12.0. The van der Waals surface area contributed by atoms with Crippen LogP contribution in [0.25, 0.3) is 11.8 Å².